The summed E-state index contributed by atoms with van der Waals surface area (Å²) in [5, 5.41) is 5.93. The van der Waals surface area contributed by atoms with Gasteiger partial charge in [-0.05, 0) is 66.1 Å². The summed E-state index contributed by atoms with van der Waals surface area (Å²) in [4.78, 5) is 32.8. The monoisotopic (exact) mass is 512 g/mol. The maximum atomic E-state index is 13.0. The van der Waals surface area contributed by atoms with Crippen LogP contribution in [0.3, 0.4) is 0 Å². The van der Waals surface area contributed by atoms with Gasteiger partial charge < -0.3 is 20.1 Å². The molecule has 1 saturated heterocycles. The van der Waals surface area contributed by atoms with Gasteiger partial charge in [-0.1, -0.05) is 24.3 Å². The summed E-state index contributed by atoms with van der Waals surface area (Å²) >= 11 is 0. The van der Waals surface area contributed by atoms with Gasteiger partial charge >= 0.3 is 0 Å². The van der Waals surface area contributed by atoms with Crippen LogP contribution < -0.4 is 15.4 Å². The third-order valence-electron chi connectivity index (χ3n) is 6.95. The van der Waals surface area contributed by atoms with Crippen molar-refractivity contribution in [2.24, 2.45) is 4.99 Å². The van der Waals surface area contributed by atoms with Crippen LogP contribution in [-0.4, -0.2) is 56.3 Å². The molecule has 0 bridgehead atoms. The predicted octanol–water partition coefficient (Wildman–Crippen LogP) is 4.46. The van der Waals surface area contributed by atoms with Crippen LogP contribution in [-0.2, 0) is 16.1 Å². The molecular weight excluding hydrogens is 480 g/mol. The second-order valence-electron chi connectivity index (χ2n) is 9.57. The van der Waals surface area contributed by atoms with E-state index in [1.165, 1.54) is 5.56 Å². The molecule has 196 valence electrons. The number of nitrogens with one attached hydrogen (secondary N) is 2. The number of fused-ring (bicyclic) bond motifs is 1. The summed E-state index contributed by atoms with van der Waals surface area (Å²) in [6, 6.07) is 20.7. The third-order valence-corrected chi connectivity index (χ3v) is 6.95. The molecule has 3 aromatic carbocycles. The van der Waals surface area contributed by atoms with E-state index in [1.807, 2.05) is 49.4 Å². The molecule has 3 aromatic rings. The van der Waals surface area contributed by atoms with Gasteiger partial charge in [0.15, 0.2) is 0 Å². The molecule has 0 aliphatic carbocycles. The molecule has 1 fully saturated rings. The molecule has 2 N–H and O–H groups in total. The minimum atomic E-state index is -0.570. The number of nitrogens with zero attached hydrogens (tertiary/aromatic N) is 2. The summed E-state index contributed by atoms with van der Waals surface area (Å²) in [5.41, 5.74) is 4.87. The van der Waals surface area contributed by atoms with Crippen molar-refractivity contribution in [3.05, 3.63) is 89.0 Å². The number of methoxy groups -OCH3 is 1. The highest BCUT2D eigenvalue weighted by Gasteiger charge is 2.30. The highest BCUT2D eigenvalue weighted by atomic mass is 16.5. The first-order valence-electron chi connectivity index (χ1n) is 12.8. The molecule has 2 aliphatic rings. The number of ether oxygens (including phenoxy) is 2. The number of benzene rings is 3. The average molecular weight is 513 g/mol. The lowest BCUT2D eigenvalue weighted by Crippen LogP contribution is -2.35. The molecule has 0 spiro atoms. The van der Waals surface area contributed by atoms with Crippen LogP contribution in [0.5, 0.6) is 5.75 Å². The predicted molar refractivity (Wildman–Crippen MR) is 147 cm³/mol. The van der Waals surface area contributed by atoms with Crippen molar-refractivity contribution in [1.29, 1.82) is 0 Å². The molecule has 2 aliphatic heterocycles. The SMILES string of the molecule is COc1ccc([C@H](C)NC(=O)c2ccc3c(c2)C(C=Nc2cccc(CN4CCOCC4)c2)C(=O)N3)cc1. The van der Waals surface area contributed by atoms with Gasteiger partial charge in [-0.25, -0.2) is 0 Å². The summed E-state index contributed by atoms with van der Waals surface area (Å²) < 4.78 is 10.6. The zero-order chi connectivity index (χ0) is 26.5. The molecular formula is C30H32N4O4. The number of morpholine rings is 1. The molecule has 8 heteroatoms. The lowest BCUT2D eigenvalue weighted by Gasteiger charge is -2.26. The quantitative estimate of drug-likeness (QED) is 0.435. The first-order chi connectivity index (χ1) is 18.5. The van der Waals surface area contributed by atoms with Crippen molar-refractivity contribution in [2.45, 2.75) is 25.4 Å². The van der Waals surface area contributed by atoms with Crippen LogP contribution in [0.2, 0.25) is 0 Å². The van der Waals surface area contributed by atoms with Gasteiger partial charge in [0, 0.05) is 37.1 Å². The van der Waals surface area contributed by atoms with E-state index in [1.54, 1.807) is 31.5 Å². The van der Waals surface area contributed by atoms with Gasteiger partial charge in [0.25, 0.3) is 5.91 Å². The third kappa shape index (κ3) is 5.93. The van der Waals surface area contributed by atoms with Crippen molar-refractivity contribution < 1.29 is 19.1 Å². The van der Waals surface area contributed by atoms with Crippen LogP contribution in [0.4, 0.5) is 11.4 Å². The molecule has 0 radical (unpaired) electrons. The number of anilines is 1. The van der Waals surface area contributed by atoms with E-state index >= 15 is 0 Å². The van der Waals surface area contributed by atoms with Crippen LogP contribution in [0.1, 0.15) is 45.9 Å². The molecule has 2 atom stereocenters. The number of aliphatic imine (C=N–C) groups is 1. The van der Waals surface area contributed by atoms with Crippen LogP contribution in [0, 0.1) is 0 Å². The smallest absolute Gasteiger partial charge is 0.251 e. The molecule has 5 rings (SSSR count). The summed E-state index contributed by atoms with van der Waals surface area (Å²) in [6.45, 7) is 6.12. The van der Waals surface area contributed by atoms with Crippen molar-refractivity contribution in [2.75, 3.05) is 38.7 Å². The summed E-state index contributed by atoms with van der Waals surface area (Å²) in [7, 11) is 1.62. The number of amides is 2. The Morgan fingerprint density at radius 3 is 2.71 bits per heavy atom. The number of rotatable bonds is 8. The Morgan fingerprint density at radius 1 is 1.16 bits per heavy atom. The summed E-state index contributed by atoms with van der Waals surface area (Å²) in [5.74, 6) is -0.168. The lowest BCUT2D eigenvalue weighted by atomic mass is 9.99. The van der Waals surface area contributed by atoms with E-state index in [2.05, 4.69) is 26.6 Å². The number of hydrogen-bond acceptors (Lipinski definition) is 6. The van der Waals surface area contributed by atoms with Crippen molar-refractivity contribution in [1.82, 2.24) is 10.2 Å². The maximum absolute atomic E-state index is 13.0. The minimum absolute atomic E-state index is 0.155. The molecule has 0 saturated carbocycles. The zero-order valence-corrected chi connectivity index (χ0v) is 21.6. The average Bonchev–Trinajstić information content (AvgIpc) is 3.26. The fraction of sp³-hybridized carbons (Fsp3) is 0.300. The fourth-order valence-electron chi connectivity index (χ4n) is 4.74. The van der Waals surface area contributed by atoms with E-state index in [-0.39, 0.29) is 17.9 Å². The maximum Gasteiger partial charge on any atom is 0.251 e. The van der Waals surface area contributed by atoms with Crippen molar-refractivity contribution in [3.8, 4) is 5.75 Å². The highest BCUT2D eigenvalue weighted by Crippen LogP contribution is 2.33. The van der Waals surface area contributed by atoms with Crippen LogP contribution >= 0.6 is 0 Å². The second kappa shape index (κ2) is 11.6. The Kier molecular flexibility index (Phi) is 7.81. The van der Waals surface area contributed by atoms with Gasteiger partial charge in [0.2, 0.25) is 5.91 Å². The van der Waals surface area contributed by atoms with E-state index in [0.717, 1.165) is 55.4 Å². The molecule has 2 heterocycles. The van der Waals surface area contributed by atoms with Gasteiger partial charge in [-0.2, -0.15) is 0 Å². The Balaban J connectivity index is 1.28. The Hall–Kier alpha value is -4.01. The first kappa shape index (κ1) is 25.6. The second-order valence-corrected chi connectivity index (χ2v) is 9.57. The number of hydrogen-bond donors (Lipinski definition) is 2. The van der Waals surface area contributed by atoms with Crippen molar-refractivity contribution >= 4 is 29.4 Å². The largest absolute Gasteiger partial charge is 0.497 e. The minimum Gasteiger partial charge on any atom is -0.497 e. The molecule has 1 unspecified atom stereocenters. The number of carbonyl (C=O) groups excluding carboxylic acids is 2. The Labute approximate surface area is 222 Å². The Bertz CT molecular complexity index is 1330. The van der Waals surface area contributed by atoms with Gasteiger partial charge in [-0.15, -0.1) is 0 Å². The van der Waals surface area contributed by atoms with E-state index < -0.39 is 5.92 Å². The normalized spacial score (nSPS) is 18.2. The zero-order valence-electron chi connectivity index (χ0n) is 21.6. The van der Waals surface area contributed by atoms with Crippen molar-refractivity contribution in [3.63, 3.8) is 0 Å². The molecule has 38 heavy (non-hydrogen) atoms. The fourth-order valence-corrected chi connectivity index (χ4v) is 4.74. The van der Waals surface area contributed by atoms with Gasteiger partial charge in [0.05, 0.1) is 32.1 Å². The molecule has 8 nitrogen and oxygen atoms in total. The van der Waals surface area contributed by atoms with Gasteiger partial charge in [0.1, 0.15) is 11.7 Å². The Morgan fingerprint density at radius 2 is 1.95 bits per heavy atom. The van der Waals surface area contributed by atoms with E-state index in [4.69, 9.17) is 9.47 Å². The van der Waals surface area contributed by atoms with Crippen LogP contribution in [0.15, 0.2) is 71.7 Å². The summed E-state index contributed by atoms with van der Waals surface area (Å²) in [6.07, 6.45) is 1.66. The lowest BCUT2D eigenvalue weighted by molar-refractivity contribution is -0.115. The highest BCUT2D eigenvalue weighted by molar-refractivity contribution is 6.13. The van der Waals surface area contributed by atoms with E-state index in [9.17, 15) is 9.59 Å². The molecule has 2 amide bonds. The first-order valence-corrected chi connectivity index (χ1v) is 12.8. The molecule has 0 aromatic heterocycles. The van der Waals surface area contributed by atoms with E-state index in [0.29, 0.717) is 11.3 Å². The van der Waals surface area contributed by atoms with Crippen LogP contribution in [0.25, 0.3) is 0 Å². The standard InChI is InChI=1S/C30H32N4O4/c1-20(22-6-9-25(37-2)10-7-22)32-29(35)23-8-11-28-26(17-23)27(30(36)33-28)18-31-24-5-3-4-21(16-24)19-34-12-14-38-15-13-34/h3-11,16-18,20,27H,12-15,19H2,1-2H3,(H,32,35)(H,33,36)/t20-,27?/m0/s1. The van der Waals surface area contributed by atoms with Gasteiger partial charge in [-0.3, -0.25) is 19.5 Å². The number of carbonyl (C=O) groups is 2. The topological polar surface area (TPSA) is 92.3 Å².